The van der Waals surface area contributed by atoms with Gasteiger partial charge in [-0.1, -0.05) is 67.7 Å². The third-order valence-electron chi connectivity index (χ3n) is 6.54. The lowest BCUT2D eigenvalue weighted by Crippen LogP contribution is -2.52. The van der Waals surface area contributed by atoms with Gasteiger partial charge in [-0.25, -0.2) is 8.42 Å². The third-order valence-corrected chi connectivity index (χ3v) is 8.93. The number of unbranched alkanes of at least 4 members (excludes halogenated alkanes) is 1. The number of carbonyl (C=O) groups excluding carboxylic acids is 2. The van der Waals surface area contributed by atoms with E-state index in [2.05, 4.69) is 5.32 Å². The fourth-order valence-electron chi connectivity index (χ4n) is 4.27. The van der Waals surface area contributed by atoms with Crippen LogP contribution in [0.2, 0.25) is 10.0 Å². The fraction of sp³-hybridized carbons (Fsp3) is 0.333. The van der Waals surface area contributed by atoms with Crippen LogP contribution in [0.1, 0.15) is 38.7 Å². The highest BCUT2D eigenvalue weighted by molar-refractivity contribution is 7.92. The number of methoxy groups -OCH3 is 1. The molecule has 3 rings (SSSR count). The number of hydrogen-bond donors (Lipinski definition) is 1. The summed E-state index contributed by atoms with van der Waals surface area (Å²) in [5.74, 6) is -0.395. The van der Waals surface area contributed by atoms with Gasteiger partial charge in [-0.2, -0.15) is 0 Å². The van der Waals surface area contributed by atoms with E-state index in [-0.39, 0.29) is 23.0 Å². The highest BCUT2D eigenvalue weighted by Gasteiger charge is 2.34. The number of nitrogens with one attached hydrogen (secondary N) is 1. The Morgan fingerprint density at radius 1 is 0.976 bits per heavy atom. The maximum absolute atomic E-state index is 14.1. The van der Waals surface area contributed by atoms with E-state index in [0.29, 0.717) is 34.3 Å². The van der Waals surface area contributed by atoms with Crippen molar-refractivity contribution < 1.29 is 22.7 Å². The van der Waals surface area contributed by atoms with Crippen molar-refractivity contribution in [1.82, 2.24) is 10.2 Å². The molecule has 3 aromatic rings. The van der Waals surface area contributed by atoms with Crippen molar-refractivity contribution in [3.63, 3.8) is 0 Å². The first-order valence-electron chi connectivity index (χ1n) is 13.3. The van der Waals surface area contributed by atoms with Crippen LogP contribution in [0.5, 0.6) is 5.75 Å². The van der Waals surface area contributed by atoms with E-state index in [1.54, 1.807) is 49.4 Å². The second kappa shape index (κ2) is 15.1. The lowest BCUT2D eigenvalue weighted by atomic mass is 10.1. The Hall–Kier alpha value is -3.27. The molecule has 0 heterocycles. The number of carbonyl (C=O) groups is 2. The molecule has 2 amide bonds. The fourth-order valence-corrected chi connectivity index (χ4v) is 6.06. The Kier molecular flexibility index (Phi) is 11.9. The molecule has 3 aromatic carbocycles. The lowest BCUT2D eigenvalue weighted by molar-refractivity contribution is -0.140. The molecule has 0 radical (unpaired) electrons. The zero-order valence-electron chi connectivity index (χ0n) is 23.3. The van der Waals surface area contributed by atoms with Crippen LogP contribution in [0.3, 0.4) is 0 Å². The molecule has 0 spiro atoms. The minimum atomic E-state index is -4.23. The number of rotatable bonds is 14. The Balaban J connectivity index is 2.05. The topological polar surface area (TPSA) is 96.0 Å². The predicted molar refractivity (Wildman–Crippen MR) is 163 cm³/mol. The van der Waals surface area contributed by atoms with Crippen LogP contribution >= 0.6 is 23.2 Å². The first-order chi connectivity index (χ1) is 19.6. The first-order valence-corrected chi connectivity index (χ1v) is 15.5. The van der Waals surface area contributed by atoms with Crippen LogP contribution in [0.25, 0.3) is 0 Å². The van der Waals surface area contributed by atoms with Gasteiger partial charge in [-0.3, -0.25) is 13.9 Å². The number of amides is 2. The number of sulfonamides is 1. The number of benzene rings is 3. The summed E-state index contributed by atoms with van der Waals surface area (Å²) in [5.41, 5.74) is 0.842. The average molecular weight is 621 g/mol. The van der Waals surface area contributed by atoms with Crippen molar-refractivity contribution in [3.8, 4) is 5.75 Å². The van der Waals surface area contributed by atoms with Gasteiger partial charge in [0.25, 0.3) is 10.0 Å². The largest absolute Gasteiger partial charge is 0.497 e. The van der Waals surface area contributed by atoms with Crippen LogP contribution in [-0.2, 0) is 26.2 Å². The number of hydrogen-bond acceptors (Lipinski definition) is 5. The summed E-state index contributed by atoms with van der Waals surface area (Å²) in [6.45, 7) is 3.74. The molecule has 0 saturated carbocycles. The Labute approximate surface area is 252 Å². The van der Waals surface area contributed by atoms with E-state index < -0.39 is 28.5 Å². The summed E-state index contributed by atoms with van der Waals surface area (Å²) in [6, 6.07) is 18.3. The molecule has 0 bridgehead atoms. The molecule has 0 aromatic heterocycles. The maximum atomic E-state index is 14.1. The number of halogens is 2. The van der Waals surface area contributed by atoms with Gasteiger partial charge >= 0.3 is 0 Å². The molecular formula is C30H35Cl2N3O5S. The first kappa shape index (κ1) is 32.2. The minimum Gasteiger partial charge on any atom is -0.497 e. The van der Waals surface area contributed by atoms with Gasteiger partial charge in [-0.05, 0) is 66.9 Å². The number of nitrogens with zero attached hydrogens (tertiary/aromatic N) is 2. The Bertz CT molecular complexity index is 1430. The molecule has 0 fully saturated rings. The van der Waals surface area contributed by atoms with Gasteiger partial charge in [0.15, 0.2) is 0 Å². The van der Waals surface area contributed by atoms with Crippen LogP contribution in [0.15, 0.2) is 77.7 Å². The van der Waals surface area contributed by atoms with Gasteiger partial charge in [0.05, 0.1) is 17.7 Å². The standard InChI is InChI=1S/C30H35Cl2N3O5S/c1-4-6-18-33-30(37)28(5-2)34(20-22-10-7-8-13-27(22)32)29(36)21-35(24-12-9-11-23(31)19-24)41(38,39)26-16-14-25(40-3)15-17-26/h7-17,19,28H,4-6,18,20-21H2,1-3H3,(H,33,37). The quantitative estimate of drug-likeness (QED) is 0.226. The summed E-state index contributed by atoms with van der Waals surface area (Å²) in [5, 5.41) is 3.64. The summed E-state index contributed by atoms with van der Waals surface area (Å²) in [7, 11) is -2.75. The molecule has 8 nitrogen and oxygen atoms in total. The zero-order chi connectivity index (χ0) is 30.0. The molecule has 1 N–H and O–H groups in total. The zero-order valence-corrected chi connectivity index (χ0v) is 25.7. The highest BCUT2D eigenvalue weighted by atomic mass is 35.5. The van der Waals surface area contributed by atoms with Crippen LogP contribution in [-0.4, -0.2) is 51.4 Å². The van der Waals surface area contributed by atoms with Crippen LogP contribution in [0.4, 0.5) is 5.69 Å². The van der Waals surface area contributed by atoms with E-state index in [1.165, 1.54) is 42.3 Å². The SMILES string of the molecule is CCCCNC(=O)C(CC)N(Cc1ccccc1Cl)C(=O)CN(c1cccc(Cl)c1)S(=O)(=O)c1ccc(OC)cc1. The van der Waals surface area contributed by atoms with Gasteiger partial charge in [0, 0.05) is 23.1 Å². The molecule has 11 heteroatoms. The van der Waals surface area contributed by atoms with Crippen molar-refractivity contribution in [2.45, 2.75) is 50.6 Å². The van der Waals surface area contributed by atoms with E-state index in [0.717, 1.165) is 17.1 Å². The van der Waals surface area contributed by atoms with E-state index in [4.69, 9.17) is 27.9 Å². The van der Waals surface area contributed by atoms with Gasteiger partial charge in [-0.15, -0.1) is 0 Å². The molecular weight excluding hydrogens is 585 g/mol. The minimum absolute atomic E-state index is 0.0180. The summed E-state index contributed by atoms with van der Waals surface area (Å²) in [6.07, 6.45) is 2.01. The van der Waals surface area contributed by atoms with Crippen LogP contribution in [0, 0.1) is 0 Å². The molecule has 0 aliphatic rings. The Morgan fingerprint density at radius 2 is 1.68 bits per heavy atom. The molecule has 220 valence electrons. The average Bonchev–Trinajstić information content (AvgIpc) is 2.96. The van der Waals surface area contributed by atoms with Gasteiger partial charge in [0.1, 0.15) is 18.3 Å². The van der Waals surface area contributed by atoms with Crippen molar-refractivity contribution in [3.05, 3.63) is 88.4 Å². The summed E-state index contributed by atoms with van der Waals surface area (Å²) < 4.78 is 34.0. The molecule has 0 aliphatic carbocycles. The number of anilines is 1. The lowest BCUT2D eigenvalue weighted by Gasteiger charge is -2.33. The van der Waals surface area contributed by atoms with Crippen LogP contribution < -0.4 is 14.4 Å². The maximum Gasteiger partial charge on any atom is 0.264 e. The van der Waals surface area contributed by atoms with Gasteiger partial charge in [0.2, 0.25) is 11.8 Å². The summed E-state index contributed by atoms with van der Waals surface area (Å²) in [4.78, 5) is 28.7. The Morgan fingerprint density at radius 3 is 2.29 bits per heavy atom. The third kappa shape index (κ3) is 8.38. The second-order valence-electron chi connectivity index (χ2n) is 9.35. The number of ether oxygens (including phenoxy) is 1. The molecule has 0 aliphatic heterocycles. The normalized spacial score (nSPS) is 11.9. The van der Waals surface area contributed by atoms with E-state index >= 15 is 0 Å². The van der Waals surface area contributed by atoms with Crippen molar-refractivity contribution in [1.29, 1.82) is 0 Å². The monoisotopic (exact) mass is 619 g/mol. The second-order valence-corrected chi connectivity index (χ2v) is 12.1. The highest BCUT2D eigenvalue weighted by Crippen LogP contribution is 2.28. The summed E-state index contributed by atoms with van der Waals surface area (Å²) >= 11 is 12.7. The molecule has 1 unspecified atom stereocenters. The van der Waals surface area contributed by atoms with Gasteiger partial charge < -0.3 is 15.0 Å². The molecule has 1 atom stereocenters. The smallest absolute Gasteiger partial charge is 0.264 e. The molecule has 41 heavy (non-hydrogen) atoms. The predicted octanol–water partition coefficient (Wildman–Crippen LogP) is 5.92. The van der Waals surface area contributed by atoms with E-state index in [9.17, 15) is 18.0 Å². The van der Waals surface area contributed by atoms with Crippen molar-refractivity contribution >= 4 is 50.7 Å². The van der Waals surface area contributed by atoms with Crippen molar-refractivity contribution in [2.24, 2.45) is 0 Å². The van der Waals surface area contributed by atoms with Crippen molar-refractivity contribution in [2.75, 3.05) is 24.5 Å². The van der Waals surface area contributed by atoms with E-state index in [1.807, 2.05) is 6.92 Å². The molecule has 0 saturated heterocycles.